The Morgan fingerprint density at radius 2 is 2.14 bits per heavy atom. The molecule has 1 aliphatic heterocycles. The van der Waals surface area contributed by atoms with Crippen LogP contribution in [-0.4, -0.2) is 50.3 Å². The van der Waals surface area contributed by atoms with Gasteiger partial charge in [-0.3, -0.25) is 14.7 Å². The number of nitrogens with one attached hydrogen (secondary N) is 2. The molecule has 1 aliphatic rings. The maximum absolute atomic E-state index is 13.2. The Balaban J connectivity index is 1.49. The van der Waals surface area contributed by atoms with Crippen molar-refractivity contribution in [2.75, 3.05) is 13.1 Å². The molecule has 0 spiro atoms. The number of rotatable bonds is 4. The molecule has 0 unspecified atom stereocenters. The van der Waals surface area contributed by atoms with Crippen LogP contribution in [0, 0.1) is 19.3 Å². The van der Waals surface area contributed by atoms with Gasteiger partial charge in [0.2, 0.25) is 5.91 Å². The van der Waals surface area contributed by atoms with Gasteiger partial charge >= 0.3 is 0 Å². The van der Waals surface area contributed by atoms with Gasteiger partial charge in [-0.15, -0.1) is 0 Å². The number of aryl methyl sites for hydroxylation is 2. The van der Waals surface area contributed by atoms with E-state index < -0.39 is 5.41 Å². The van der Waals surface area contributed by atoms with Crippen LogP contribution in [0.2, 0.25) is 0 Å². The summed E-state index contributed by atoms with van der Waals surface area (Å²) in [6.07, 6.45) is 1.46. The molecule has 9 heteroatoms. The fourth-order valence-electron chi connectivity index (χ4n) is 3.83. The Bertz CT molecular complexity index is 1070. The summed E-state index contributed by atoms with van der Waals surface area (Å²) in [6, 6.07) is 5.85. The lowest BCUT2D eigenvalue weighted by Gasteiger charge is -2.39. The van der Waals surface area contributed by atoms with Gasteiger partial charge in [0, 0.05) is 18.5 Å². The van der Waals surface area contributed by atoms with E-state index in [1.807, 2.05) is 32.0 Å². The number of likely N-dealkylation sites (tertiary alicyclic amines) is 1. The van der Waals surface area contributed by atoms with Crippen molar-refractivity contribution in [3.05, 3.63) is 40.8 Å². The Kier molecular flexibility index (Phi) is 4.81. The lowest BCUT2D eigenvalue weighted by molar-refractivity contribution is -0.132. The first-order chi connectivity index (χ1) is 13.9. The molecule has 1 fully saturated rings. The Hall–Kier alpha value is -3.23. The van der Waals surface area contributed by atoms with Gasteiger partial charge in [-0.2, -0.15) is 5.10 Å². The molecule has 0 aliphatic carbocycles. The zero-order valence-corrected chi connectivity index (χ0v) is 16.8. The zero-order valence-electron chi connectivity index (χ0n) is 16.8. The van der Waals surface area contributed by atoms with Crippen molar-refractivity contribution < 1.29 is 14.2 Å². The third kappa shape index (κ3) is 3.59. The number of amides is 2. The third-order valence-electron chi connectivity index (χ3n) is 5.62. The van der Waals surface area contributed by atoms with Crippen molar-refractivity contribution >= 4 is 22.7 Å². The van der Waals surface area contributed by atoms with Crippen LogP contribution in [0.3, 0.4) is 0 Å². The average molecular weight is 396 g/mol. The van der Waals surface area contributed by atoms with E-state index in [4.69, 9.17) is 0 Å². The minimum Gasteiger partial charge on any atom is -0.350 e. The van der Waals surface area contributed by atoms with E-state index in [2.05, 4.69) is 30.5 Å². The van der Waals surface area contributed by atoms with Gasteiger partial charge in [-0.25, -0.2) is 4.63 Å². The molecule has 0 bridgehead atoms. The number of nitrogens with zero attached hydrogens (tertiary/aromatic N) is 4. The molecule has 2 N–H and O–H groups in total. The summed E-state index contributed by atoms with van der Waals surface area (Å²) in [6.45, 7) is 6.84. The molecule has 0 radical (unpaired) electrons. The van der Waals surface area contributed by atoms with Crippen LogP contribution in [0.25, 0.3) is 10.9 Å². The number of fused-ring (bicyclic) bond motifs is 1. The number of benzene rings is 1. The largest absolute Gasteiger partial charge is 0.350 e. The summed E-state index contributed by atoms with van der Waals surface area (Å²) in [5, 5.41) is 18.4. The van der Waals surface area contributed by atoms with Gasteiger partial charge in [0.05, 0.1) is 17.5 Å². The molecule has 152 valence electrons. The predicted octanol–water partition coefficient (Wildman–Crippen LogP) is 2.12. The second kappa shape index (κ2) is 7.31. The van der Waals surface area contributed by atoms with Crippen LogP contribution in [-0.2, 0) is 11.3 Å². The van der Waals surface area contributed by atoms with Crippen LogP contribution >= 0.6 is 0 Å². The zero-order chi connectivity index (χ0) is 20.6. The van der Waals surface area contributed by atoms with Gasteiger partial charge < -0.3 is 10.2 Å². The Labute approximate surface area is 167 Å². The molecule has 1 aromatic carbocycles. The highest BCUT2D eigenvalue weighted by Crippen LogP contribution is 2.31. The molecule has 2 aromatic heterocycles. The van der Waals surface area contributed by atoms with Crippen molar-refractivity contribution in [3.8, 4) is 0 Å². The highest BCUT2D eigenvalue weighted by Gasteiger charge is 2.40. The fraction of sp³-hybridized carbons (Fsp3) is 0.450. The summed E-state index contributed by atoms with van der Waals surface area (Å²) in [5.41, 5.74) is 2.86. The molecule has 3 heterocycles. The molecule has 4 rings (SSSR count). The summed E-state index contributed by atoms with van der Waals surface area (Å²) in [4.78, 5) is 27.8. The third-order valence-corrected chi connectivity index (χ3v) is 5.62. The number of carbonyl (C=O) groups excluding carboxylic acids is 2. The van der Waals surface area contributed by atoms with Crippen molar-refractivity contribution in [2.24, 2.45) is 5.41 Å². The highest BCUT2D eigenvalue weighted by atomic mass is 16.6. The molecule has 0 saturated carbocycles. The minimum atomic E-state index is -0.680. The number of hydrogen-bond donors (Lipinski definition) is 2. The first kappa shape index (κ1) is 19.1. The van der Waals surface area contributed by atoms with Gasteiger partial charge in [0.15, 0.2) is 5.69 Å². The summed E-state index contributed by atoms with van der Waals surface area (Å²) in [7, 11) is 0. The number of aromatic nitrogens is 4. The fourth-order valence-corrected chi connectivity index (χ4v) is 3.83. The maximum Gasteiger partial charge on any atom is 0.275 e. The van der Waals surface area contributed by atoms with E-state index in [1.54, 1.807) is 11.8 Å². The SMILES string of the molecule is Cc1ccc2[nH]nc(C(=O)N3CCC[C@@](C)(C(=O)NCc4nonc4C)C3)c2c1. The number of hydrogen-bond acceptors (Lipinski definition) is 6. The number of carbonyl (C=O) groups is 2. The first-order valence-electron chi connectivity index (χ1n) is 9.68. The Morgan fingerprint density at radius 1 is 1.31 bits per heavy atom. The van der Waals surface area contributed by atoms with E-state index in [0.717, 1.165) is 22.9 Å². The predicted molar refractivity (Wildman–Crippen MR) is 105 cm³/mol. The van der Waals surface area contributed by atoms with Crippen LogP contribution < -0.4 is 5.32 Å². The first-order valence-corrected chi connectivity index (χ1v) is 9.68. The van der Waals surface area contributed by atoms with Crippen molar-refractivity contribution in [3.63, 3.8) is 0 Å². The second-order valence-electron chi connectivity index (χ2n) is 7.99. The lowest BCUT2D eigenvalue weighted by Crippen LogP contribution is -2.51. The molecule has 3 aromatic rings. The standard InChI is InChI=1S/C20H24N6O3/c1-12-5-6-15-14(9-12)17(23-22-15)18(27)26-8-4-7-20(3,11-26)19(28)21-10-16-13(2)24-29-25-16/h5-6,9H,4,7-8,10-11H2,1-3H3,(H,21,28)(H,22,23)/t20-/m1/s1. The molecule has 9 nitrogen and oxygen atoms in total. The van der Waals surface area contributed by atoms with Crippen molar-refractivity contribution in [2.45, 2.75) is 40.2 Å². The van der Waals surface area contributed by atoms with Crippen LogP contribution in [0.15, 0.2) is 22.8 Å². The molecule has 2 amide bonds. The highest BCUT2D eigenvalue weighted by molar-refractivity contribution is 6.05. The Morgan fingerprint density at radius 3 is 2.90 bits per heavy atom. The van der Waals surface area contributed by atoms with Crippen molar-refractivity contribution in [1.29, 1.82) is 0 Å². The lowest BCUT2D eigenvalue weighted by atomic mass is 9.80. The topological polar surface area (TPSA) is 117 Å². The smallest absolute Gasteiger partial charge is 0.275 e. The van der Waals surface area contributed by atoms with Crippen LogP contribution in [0.4, 0.5) is 0 Å². The van der Waals surface area contributed by atoms with Gasteiger partial charge in [0.1, 0.15) is 11.4 Å². The summed E-state index contributed by atoms with van der Waals surface area (Å²) >= 11 is 0. The number of aromatic amines is 1. The molecular weight excluding hydrogens is 372 g/mol. The molecular formula is C20H24N6O3. The number of piperidine rings is 1. The molecule has 1 saturated heterocycles. The van der Waals surface area contributed by atoms with Gasteiger partial charge in [-0.05, 0) is 45.7 Å². The average Bonchev–Trinajstić information content (AvgIpc) is 3.31. The quantitative estimate of drug-likeness (QED) is 0.698. The van der Waals surface area contributed by atoms with E-state index in [0.29, 0.717) is 36.6 Å². The van der Waals surface area contributed by atoms with E-state index in [9.17, 15) is 9.59 Å². The van der Waals surface area contributed by atoms with E-state index >= 15 is 0 Å². The second-order valence-corrected chi connectivity index (χ2v) is 7.99. The molecule has 1 atom stereocenters. The minimum absolute atomic E-state index is 0.111. The van der Waals surface area contributed by atoms with E-state index in [-0.39, 0.29) is 18.4 Å². The summed E-state index contributed by atoms with van der Waals surface area (Å²) < 4.78 is 4.67. The summed E-state index contributed by atoms with van der Waals surface area (Å²) in [5.74, 6) is -0.266. The van der Waals surface area contributed by atoms with Crippen molar-refractivity contribution in [1.82, 2.24) is 30.7 Å². The molecule has 29 heavy (non-hydrogen) atoms. The van der Waals surface area contributed by atoms with E-state index in [1.165, 1.54) is 0 Å². The van der Waals surface area contributed by atoms with Crippen LogP contribution in [0.1, 0.15) is 47.2 Å². The van der Waals surface area contributed by atoms with Gasteiger partial charge in [0.25, 0.3) is 5.91 Å². The maximum atomic E-state index is 13.2. The normalized spacial score (nSPS) is 19.5. The van der Waals surface area contributed by atoms with Gasteiger partial charge in [-0.1, -0.05) is 21.9 Å². The monoisotopic (exact) mass is 396 g/mol. The van der Waals surface area contributed by atoms with Crippen LogP contribution in [0.5, 0.6) is 0 Å². The number of H-pyrrole nitrogens is 1.